The van der Waals surface area contributed by atoms with E-state index in [1.165, 1.54) is 7.11 Å². The van der Waals surface area contributed by atoms with Crippen LogP contribution in [0.1, 0.15) is 12.8 Å². The van der Waals surface area contributed by atoms with Gasteiger partial charge >= 0.3 is 11.9 Å². The molecular formula is C10H15NO4. The van der Waals surface area contributed by atoms with Gasteiger partial charge in [0, 0.05) is 13.1 Å². The number of carboxylic acids is 1. The van der Waals surface area contributed by atoms with E-state index >= 15 is 0 Å². The Morgan fingerprint density at radius 2 is 2.00 bits per heavy atom. The number of carbonyl (C=O) groups excluding carboxylic acids is 1. The van der Waals surface area contributed by atoms with E-state index in [1.54, 1.807) is 4.90 Å². The quantitative estimate of drug-likeness (QED) is 0.475. The predicted molar refractivity (Wildman–Crippen MR) is 54.2 cm³/mol. The number of hydrogen-bond acceptors (Lipinski definition) is 4. The van der Waals surface area contributed by atoms with Gasteiger partial charge in [0.05, 0.1) is 26.5 Å². The second-order valence-corrected chi connectivity index (χ2v) is 2.95. The summed E-state index contributed by atoms with van der Waals surface area (Å²) in [6.07, 6.45) is 5.36. The number of methoxy groups -OCH3 is 1. The van der Waals surface area contributed by atoms with Crippen LogP contribution in [-0.2, 0) is 14.3 Å². The van der Waals surface area contributed by atoms with Gasteiger partial charge < -0.3 is 9.84 Å². The molecule has 0 aromatic rings. The van der Waals surface area contributed by atoms with E-state index in [1.807, 2.05) is 0 Å². The predicted octanol–water partition coefficient (Wildman–Crippen LogP) is -0.0406. The van der Waals surface area contributed by atoms with Crippen molar-refractivity contribution >= 4 is 11.9 Å². The molecule has 0 aromatic carbocycles. The molecule has 0 unspecified atom stereocenters. The Morgan fingerprint density at radius 3 is 2.47 bits per heavy atom. The molecule has 1 N–H and O–H groups in total. The number of carbonyl (C=O) groups is 2. The van der Waals surface area contributed by atoms with Crippen LogP contribution in [0.5, 0.6) is 0 Å². The lowest BCUT2D eigenvalue weighted by atomic mass is 10.3. The summed E-state index contributed by atoms with van der Waals surface area (Å²) in [5.41, 5.74) is 0. The first kappa shape index (κ1) is 13.5. The fraction of sp³-hybridized carbons (Fsp3) is 0.600. The van der Waals surface area contributed by atoms with Crippen molar-refractivity contribution in [1.82, 2.24) is 4.90 Å². The second kappa shape index (κ2) is 7.83. The largest absolute Gasteiger partial charge is 0.481 e. The van der Waals surface area contributed by atoms with E-state index in [4.69, 9.17) is 11.5 Å². The fourth-order valence-electron chi connectivity index (χ4n) is 1.00. The average molecular weight is 213 g/mol. The number of rotatable bonds is 7. The molecule has 0 heterocycles. The molecule has 0 saturated carbocycles. The second-order valence-electron chi connectivity index (χ2n) is 2.95. The average Bonchev–Trinajstić information content (AvgIpc) is 2.21. The number of carboxylic acid groups (broad SMARTS) is 1. The molecule has 5 nitrogen and oxygen atoms in total. The first-order valence-corrected chi connectivity index (χ1v) is 4.54. The highest BCUT2D eigenvalue weighted by molar-refractivity contribution is 5.69. The molecule has 0 fully saturated rings. The molecule has 84 valence electrons. The van der Waals surface area contributed by atoms with E-state index in [2.05, 4.69) is 10.7 Å². The molecule has 0 saturated heterocycles. The molecular weight excluding hydrogens is 198 g/mol. The molecule has 0 rings (SSSR count). The van der Waals surface area contributed by atoms with Gasteiger partial charge in [0.2, 0.25) is 0 Å². The normalized spacial score (nSPS) is 9.67. The van der Waals surface area contributed by atoms with E-state index in [9.17, 15) is 9.59 Å². The number of esters is 1. The van der Waals surface area contributed by atoms with Gasteiger partial charge in [0.15, 0.2) is 0 Å². The number of aliphatic carboxylic acids is 1. The van der Waals surface area contributed by atoms with Crippen molar-refractivity contribution in [3.63, 3.8) is 0 Å². The van der Waals surface area contributed by atoms with E-state index < -0.39 is 5.97 Å². The highest BCUT2D eigenvalue weighted by atomic mass is 16.5. The fourth-order valence-corrected chi connectivity index (χ4v) is 1.00. The van der Waals surface area contributed by atoms with Crippen molar-refractivity contribution in [3.05, 3.63) is 0 Å². The lowest BCUT2D eigenvalue weighted by molar-refractivity contribution is -0.140. The van der Waals surface area contributed by atoms with Gasteiger partial charge in [0.25, 0.3) is 0 Å². The van der Waals surface area contributed by atoms with Crippen LogP contribution >= 0.6 is 0 Å². The van der Waals surface area contributed by atoms with Crippen molar-refractivity contribution in [3.8, 4) is 12.3 Å². The van der Waals surface area contributed by atoms with Gasteiger partial charge in [0.1, 0.15) is 0 Å². The summed E-state index contributed by atoms with van der Waals surface area (Å²) >= 11 is 0. The van der Waals surface area contributed by atoms with E-state index in [0.29, 0.717) is 19.6 Å². The van der Waals surface area contributed by atoms with Gasteiger partial charge in [-0.05, 0) is 0 Å². The maximum Gasteiger partial charge on any atom is 0.306 e. The van der Waals surface area contributed by atoms with Gasteiger partial charge in [-0.2, -0.15) is 0 Å². The third kappa shape index (κ3) is 7.52. The topological polar surface area (TPSA) is 66.8 Å². The minimum Gasteiger partial charge on any atom is -0.481 e. The maximum absolute atomic E-state index is 10.8. The SMILES string of the molecule is C#CCN(CCC(=O)O)CCC(=O)OC. The molecule has 0 atom stereocenters. The van der Waals surface area contributed by atoms with Crippen LogP contribution in [0.4, 0.5) is 0 Å². The van der Waals surface area contributed by atoms with Gasteiger partial charge in [-0.25, -0.2) is 0 Å². The smallest absolute Gasteiger partial charge is 0.306 e. The number of ether oxygens (including phenoxy) is 1. The molecule has 0 aliphatic carbocycles. The van der Waals surface area contributed by atoms with Crippen LogP contribution in [0.25, 0.3) is 0 Å². The summed E-state index contributed by atoms with van der Waals surface area (Å²) in [7, 11) is 1.31. The van der Waals surface area contributed by atoms with E-state index in [-0.39, 0.29) is 18.8 Å². The summed E-state index contributed by atoms with van der Waals surface area (Å²) in [5.74, 6) is 1.21. The molecule has 0 bridgehead atoms. The Labute approximate surface area is 89.0 Å². The minimum absolute atomic E-state index is 0.0167. The third-order valence-electron chi connectivity index (χ3n) is 1.82. The number of hydrogen-bond donors (Lipinski definition) is 1. The summed E-state index contributed by atoms with van der Waals surface area (Å²) < 4.78 is 4.47. The van der Waals surface area contributed by atoms with Crippen LogP contribution in [0.15, 0.2) is 0 Å². The van der Waals surface area contributed by atoms with Gasteiger partial charge in [-0.1, -0.05) is 5.92 Å². The molecule has 5 heteroatoms. The highest BCUT2D eigenvalue weighted by Crippen LogP contribution is 1.95. The van der Waals surface area contributed by atoms with Crippen molar-refractivity contribution in [2.24, 2.45) is 0 Å². The Balaban J connectivity index is 3.88. The van der Waals surface area contributed by atoms with Crippen molar-refractivity contribution in [2.75, 3.05) is 26.7 Å². The lowest BCUT2D eigenvalue weighted by Crippen LogP contribution is -2.29. The first-order valence-electron chi connectivity index (χ1n) is 4.54. The first-order chi connectivity index (χ1) is 7.10. The Hall–Kier alpha value is -1.54. The van der Waals surface area contributed by atoms with Crippen molar-refractivity contribution in [2.45, 2.75) is 12.8 Å². The standard InChI is InChI=1S/C10H15NO4/c1-3-6-11(7-4-9(12)13)8-5-10(14)15-2/h1H,4-8H2,2H3,(H,12,13). The molecule has 0 radical (unpaired) electrons. The Morgan fingerprint density at radius 1 is 1.40 bits per heavy atom. The van der Waals surface area contributed by atoms with Crippen LogP contribution in [0.2, 0.25) is 0 Å². The highest BCUT2D eigenvalue weighted by Gasteiger charge is 2.08. The van der Waals surface area contributed by atoms with Crippen LogP contribution in [-0.4, -0.2) is 48.7 Å². The lowest BCUT2D eigenvalue weighted by Gasteiger charge is -2.17. The number of terminal acetylenes is 1. The van der Waals surface area contributed by atoms with Gasteiger partial charge in [-0.3, -0.25) is 14.5 Å². The summed E-state index contributed by atoms with van der Waals surface area (Å²) in [5, 5.41) is 8.48. The molecule has 0 spiro atoms. The van der Waals surface area contributed by atoms with Crippen LogP contribution in [0, 0.1) is 12.3 Å². The summed E-state index contributed by atoms with van der Waals surface area (Å²) in [6, 6.07) is 0. The molecule has 0 aliphatic heterocycles. The monoisotopic (exact) mass is 213 g/mol. The Bertz CT molecular complexity index is 257. The molecule has 0 aliphatic rings. The van der Waals surface area contributed by atoms with E-state index in [0.717, 1.165) is 0 Å². The zero-order valence-electron chi connectivity index (χ0n) is 8.73. The van der Waals surface area contributed by atoms with Crippen molar-refractivity contribution in [1.29, 1.82) is 0 Å². The summed E-state index contributed by atoms with van der Waals surface area (Å²) in [4.78, 5) is 22.9. The maximum atomic E-state index is 10.8. The van der Waals surface area contributed by atoms with Crippen LogP contribution < -0.4 is 0 Å². The zero-order chi connectivity index (χ0) is 11.7. The molecule has 0 aromatic heterocycles. The van der Waals surface area contributed by atoms with Crippen molar-refractivity contribution < 1.29 is 19.4 Å². The summed E-state index contributed by atoms with van der Waals surface area (Å²) in [6.45, 7) is 1.10. The molecule has 15 heavy (non-hydrogen) atoms. The molecule has 0 amide bonds. The number of nitrogens with zero attached hydrogens (tertiary/aromatic N) is 1. The Kier molecular flexibility index (Phi) is 7.02. The zero-order valence-corrected chi connectivity index (χ0v) is 8.73. The minimum atomic E-state index is -0.880. The third-order valence-corrected chi connectivity index (χ3v) is 1.82. The van der Waals surface area contributed by atoms with Gasteiger partial charge in [-0.15, -0.1) is 6.42 Å². The van der Waals surface area contributed by atoms with Crippen LogP contribution in [0.3, 0.4) is 0 Å².